The first-order valence-electron chi connectivity index (χ1n) is 6.84. The van der Waals surface area contributed by atoms with E-state index in [1.165, 1.54) is 0 Å². The minimum Gasteiger partial charge on any atom is -0.382 e. The van der Waals surface area contributed by atoms with Crippen LogP contribution in [0.1, 0.15) is 26.0 Å². The molecule has 0 fully saturated rings. The van der Waals surface area contributed by atoms with E-state index in [0.717, 1.165) is 44.4 Å². The topological polar surface area (TPSA) is 63.5 Å². The molecule has 0 unspecified atom stereocenters. The molecule has 20 heavy (non-hydrogen) atoms. The largest absolute Gasteiger partial charge is 0.382 e. The van der Waals surface area contributed by atoms with Gasteiger partial charge in [0.2, 0.25) is 0 Å². The summed E-state index contributed by atoms with van der Waals surface area (Å²) in [6, 6.07) is 1.97. The summed E-state index contributed by atoms with van der Waals surface area (Å²) >= 11 is 0. The minimum absolute atomic E-state index is 0. The highest BCUT2D eigenvalue weighted by atomic mass is 127. The molecule has 0 amide bonds. The standard InChI is InChI=1S/C13H25N5O.HI/c1-4-14-13(15-8-6-10-19-5-2)16-11-12-7-9-17-18(12)3;/h7,9H,4-6,8,10-11H2,1-3H3,(H2,14,15,16);1H. The van der Waals surface area contributed by atoms with Crippen molar-refractivity contribution in [3.63, 3.8) is 0 Å². The molecule has 7 heteroatoms. The number of hydrogen-bond acceptors (Lipinski definition) is 3. The number of rotatable bonds is 8. The summed E-state index contributed by atoms with van der Waals surface area (Å²) in [5.74, 6) is 0.834. The van der Waals surface area contributed by atoms with Gasteiger partial charge in [0.05, 0.1) is 12.2 Å². The maximum absolute atomic E-state index is 5.30. The third kappa shape index (κ3) is 7.68. The predicted octanol–water partition coefficient (Wildman–Crippen LogP) is 1.52. The molecule has 0 aliphatic carbocycles. The molecule has 1 heterocycles. The number of halogens is 1. The van der Waals surface area contributed by atoms with E-state index in [-0.39, 0.29) is 24.0 Å². The van der Waals surface area contributed by atoms with Crippen LogP contribution in [0.15, 0.2) is 17.3 Å². The van der Waals surface area contributed by atoms with Gasteiger partial charge in [-0.2, -0.15) is 5.10 Å². The van der Waals surface area contributed by atoms with Crippen molar-refractivity contribution in [2.45, 2.75) is 26.8 Å². The molecule has 0 atom stereocenters. The number of ether oxygens (including phenoxy) is 1. The van der Waals surface area contributed by atoms with E-state index in [1.54, 1.807) is 6.20 Å². The van der Waals surface area contributed by atoms with E-state index in [1.807, 2.05) is 24.7 Å². The van der Waals surface area contributed by atoms with Crippen molar-refractivity contribution in [2.24, 2.45) is 12.0 Å². The van der Waals surface area contributed by atoms with Gasteiger partial charge in [0.25, 0.3) is 0 Å². The van der Waals surface area contributed by atoms with Crippen molar-refractivity contribution in [1.29, 1.82) is 0 Å². The third-order valence-corrected chi connectivity index (χ3v) is 2.63. The van der Waals surface area contributed by atoms with E-state index in [9.17, 15) is 0 Å². The Bertz CT molecular complexity index is 381. The number of hydrogen-bond donors (Lipinski definition) is 2. The van der Waals surface area contributed by atoms with Crippen molar-refractivity contribution < 1.29 is 4.74 Å². The summed E-state index contributed by atoms with van der Waals surface area (Å²) in [5, 5.41) is 10.6. The molecule has 0 aromatic carbocycles. The number of aryl methyl sites for hydroxylation is 1. The number of nitrogens with one attached hydrogen (secondary N) is 2. The van der Waals surface area contributed by atoms with Crippen LogP contribution in [0.4, 0.5) is 0 Å². The molecular weight excluding hydrogens is 369 g/mol. The first kappa shape index (κ1) is 19.2. The highest BCUT2D eigenvalue weighted by Crippen LogP contribution is 1.97. The van der Waals surface area contributed by atoms with Crippen molar-refractivity contribution in [3.8, 4) is 0 Å². The van der Waals surface area contributed by atoms with E-state index in [4.69, 9.17) is 4.74 Å². The Kier molecular flexibility index (Phi) is 11.5. The smallest absolute Gasteiger partial charge is 0.191 e. The Hall–Kier alpha value is -0.830. The van der Waals surface area contributed by atoms with Crippen LogP contribution in [0.5, 0.6) is 0 Å². The minimum atomic E-state index is 0. The number of nitrogens with zero attached hydrogens (tertiary/aromatic N) is 3. The number of aromatic nitrogens is 2. The molecule has 0 aliphatic rings. The van der Waals surface area contributed by atoms with Crippen LogP contribution < -0.4 is 10.6 Å². The second-order valence-electron chi connectivity index (χ2n) is 4.12. The SMILES string of the molecule is CCNC(=NCc1ccnn1C)NCCCOCC.I. The molecule has 0 saturated heterocycles. The van der Waals surface area contributed by atoms with Crippen molar-refractivity contribution in [2.75, 3.05) is 26.3 Å². The molecule has 0 aliphatic heterocycles. The average Bonchev–Trinajstić information content (AvgIpc) is 2.81. The van der Waals surface area contributed by atoms with Crippen LogP contribution in [0, 0.1) is 0 Å². The lowest BCUT2D eigenvalue weighted by Crippen LogP contribution is -2.38. The fourth-order valence-electron chi connectivity index (χ4n) is 1.58. The summed E-state index contributed by atoms with van der Waals surface area (Å²) in [4.78, 5) is 4.53. The summed E-state index contributed by atoms with van der Waals surface area (Å²) in [7, 11) is 1.92. The van der Waals surface area contributed by atoms with E-state index in [0.29, 0.717) is 6.54 Å². The first-order valence-corrected chi connectivity index (χ1v) is 6.84. The highest BCUT2D eigenvalue weighted by Gasteiger charge is 1.99. The van der Waals surface area contributed by atoms with E-state index < -0.39 is 0 Å². The van der Waals surface area contributed by atoms with Gasteiger partial charge < -0.3 is 15.4 Å². The second kappa shape index (κ2) is 12.0. The maximum Gasteiger partial charge on any atom is 0.191 e. The van der Waals surface area contributed by atoms with Gasteiger partial charge in [-0.05, 0) is 26.3 Å². The fraction of sp³-hybridized carbons (Fsp3) is 0.692. The van der Waals surface area contributed by atoms with Gasteiger partial charge in [0.15, 0.2) is 5.96 Å². The zero-order valence-electron chi connectivity index (χ0n) is 12.6. The molecule has 2 N–H and O–H groups in total. The Morgan fingerprint density at radius 3 is 2.80 bits per heavy atom. The van der Waals surface area contributed by atoms with Gasteiger partial charge in [0.1, 0.15) is 0 Å². The van der Waals surface area contributed by atoms with Gasteiger partial charge in [-0.25, -0.2) is 4.99 Å². The lowest BCUT2D eigenvalue weighted by atomic mass is 10.4. The Balaban J connectivity index is 0.00000361. The predicted molar refractivity (Wildman–Crippen MR) is 92.6 cm³/mol. The molecule has 0 saturated carbocycles. The van der Waals surface area contributed by atoms with E-state index in [2.05, 4.69) is 27.6 Å². The molecule has 1 aromatic heterocycles. The Morgan fingerprint density at radius 1 is 1.40 bits per heavy atom. The quantitative estimate of drug-likeness (QED) is 0.303. The van der Waals surface area contributed by atoms with Crippen LogP contribution in [0.3, 0.4) is 0 Å². The molecule has 116 valence electrons. The number of guanidine groups is 1. The summed E-state index contributed by atoms with van der Waals surface area (Å²) < 4.78 is 7.13. The normalized spacial score (nSPS) is 11.1. The molecule has 0 radical (unpaired) electrons. The fourth-order valence-corrected chi connectivity index (χ4v) is 1.58. The first-order chi connectivity index (χ1) is 9.27. The van der Waals surface area contributed by atoms with Gasteiger partial charge in [-0.3, -0.25) is 4.68 Å². The summed E-state index contributed by atoms with van der Waals surface area (Å²) in [6.07, 6.45) is 2.76. The van der Waals surface area contributed by atoms with Crippen molar-refractivity contribution in [1.82, 2.24) is 20.4 Å². The molecule has 0 bridgehead atoms. The summed E-state index contributed by atoms with van der Waals surface area (Å²) in [6.45, 7) is 7.95. The van der Waals surface area contributed by atoms with Crippen molar-refractivity contribution >= 4 is 29.9 Å². The van der Waals surface area contributed by atoms with Crippen LogP contribution in [-0.2, 0) is 18.3 Å². The van der Waals surface area contributed by atoms with Crippen LogP contribution in [-0.4, -0.2) is 42.0 Å². The third-order valence-electron chi connectivity index (χ3n) is 2.63. The number of aliphatic imine (C=N–C) groups is 1. The Morgan fingerprint density at radius 2 is 2.20 bits per heavy atom. The van der Waals surface area contributed by atoms with Crippen LogP contribution in [0.2, 0.25) is 0 Å². The lowest BCUT2D eigenvalue weighted by Gasteiger charge is -2.11. The monoisotopic (exact) mass is 395 g/mol. The van der Waals surface area contributed by atoms with Crippen molar-refractivity contribution in [3.05, 3.63) is 18.0 Å². The average molecular weight is 395 g/mol. The van der Waals surface area contributed by atoms with Gasteiger partial charge in [-0.15, -0.1) is 24.0 Å². The molecule has 1 rings (SSSR count). The molecular formula is C13H26IN5O. The van der Waals surface area contributed by atoms with Gasteiger partial charge in [0, 0.05) is 39.5 Å². The van der Waals surface area contributed by atoms with E-state index >= 15 is 0 Å². The van der Waals surface area contributed by atoms with Crippen LogP contribution in [0.25, 0.3) is 0 Å². The zero-order chi connectivity index (χ0) is 13.9. The van der Waals surface area contributed by atoms with Gasteiger partial charge >= 0.3 is 0 Å². The molecule has 0 spiro atoms. The Labute approximate surface area is 138 Å². The maximum atomic E-state index is 5.30. The highest BCUT2D eigenvalue weighted by molar-refractivity contribution is 14.0. The zero-order valence-corrected chi connectivity index (χ0v) is 14.9. The summed E-state index contributed by atoms with van der Waals surface area (Å²) in [5.41, 5.74) is 1.09. The van der Waals surface area contributed by atoms with Crippen LogP contribution >= 0.6 is 24.0 Å². The lowest BCUT2D eigenvalue weighted by molar-refractivity contribution is 0.145. The van der Waals surface area contributed by atoms with Gasteiger partial charge in [-0.1, -0.05) is 0 Å². The molecule has 1 aromatic rings. The second-order valence-corrected chi connectivity index (χ2v) is 4.12. The molecule has 6 nitrogen and oxygen atoms in total.